The van der Waals surface area contributed by atoms with Crippen molar-refractivity contribution in [1.29, 1.82) is 0 Å². The van der Waals surface area contributed by atoms with Crippen LogP contribution in [0.5, 0.6) is 0 Å². The molecule has 5 atom stereocenters. The van der Waals surface area contributed by atoms with Gasteiger partial charge in [0.1, 0.15) is 0 Å². The molecule has 6 nitrogen and oxygen atoms in total. The van der Waals surface area contributed by atoms with E-state index in [2.05, 4.69) is 24.9 Å². The Bertz CT molecular complexity index is 750. The largest absolute Gasteiger partial charge is 0.667 e. The van der Waals surface area contributed by atoms with E-state index in [0.717, 1.165) is 76.3 Å². The number of nitrogens with zero attached hydrogens (tertiary/aromatic N) is 1. The van der Waals surface area contributed by atoms with Crippen LogP contribution in [-0.4, -0.2) is 44.2 Å². The summed E-state index contributed by atoms with van der Waals surface area (Å²) in [4.78, 5) is 16.4. The summed E-state index contributed by atoms with van der Waals surface area (Å²) in [6.45, 7) is 4.31. The van der Waals surface area contributed by atoms with Gasteiger partial charge >= 0.3 is 5.97 Å². The van der Waals surface area contributed by atoms with Gasteiger partial charge in [-0.3, -0.25) is 4.79 Å². The number of carboxylic acids is 1. The Morgan fingerprint density at radius 2 is 1.65 bits per heavy atom. The van der Waals surface area contributed by atoms with Crippen molar-refractivity contribution >= 4 is 5.97 Å². The molecule has 6 heteroatoms. The fourth-order valence-electron chi connectivity index (χ4n) is 6.07. The van der Waals surface area contributed by atoms with Crippen LogP contribution in [0.15, 0.2) is 12.3 Å². The van der Waals surface area contributed by atoms with Crippen LogP contribution < -0.4 is 4.98 Å². The summed E-state index contributed by atoms with van der Waals surface area (Å²) in [6, 6.07) is 2.11. The summed E-state index contributed by atoms with van der Waals surface area (Å²) in [5.74, 6) is -1.63. The molecule has 1 saturated carbocycles. The first-order valence-electron chi connectivity index (χ1n) is 15.2. The molecular formula is C31H54NO5-. The van der Waals surface area contributed by atoms with Gasteiger partial charge in [0.15, 0.2) is 0 Å². The zero-order chi connectivity index (χ0) is 27.1. The summed E-state index contributed by atoms with van der Waals surface area (Å²) in [7, 11) is 0. The summed E-state index contributed by atoms with van der Waals surface area (Å²) in [5.41, 5.74) is 1.38. The molecule has 37 heavy (non-hydrogen) atoms. The molecule has 1 aromatic rings. The Labute approximate surface area is 225 Å². The molecule has 1 heterocycles. The normalized spacial score (nSPS) is 22.2. The molecule has 214 valence electrons. The second kappa shape index (κ2) is 17.3. The van der Waals surface area contributed by atoms with Gasteiger partial charge in [-0.15, -0.1) is 0 Å². The van der Waals surface area contributed by atoms with E-state index < -0.39 is 23.6 Å². The van der Waals surface area contributed by atoms with Crippen LogP contribution in [0, 0.1) is 11.8 Å². The lowest BCUT2D eigenvalue weighted by molar-refractivity contribution is -0.146. The minimum atomic E-state index is -0.950. The molecule has 0 amide bonds. The second-order valence-corrected chi connectivity index (χ2v) is 11.6. The van der Waals surface area contributed by atoms with Gasteiger partial charge in [0.2, 0.25) is 0 Å². The van der Waals surface area contributed by atoms with Gasteiger partial charge in [0, 0.05) is 0 Å². The third kappa shape index (κ3) is 11.5. The lowest BCUT2D eigenvalue weighted by Gasteiger charge is -2.33. The van der Waals surface area contributed by atoms with Gasteiger partial charge in [0.25, 0.3) is 0 Å². The van der Waals surface area contributed by atoms with E-state index in [4.69, 9.17) is 0 Å². The predicted molar refractivity (Wildman–Crippen MR) is 149 cm³/mol. The van der Waals surface area contributed by atoms with E-state index in [1.54, 1.807) is 0 Å². The number of hydrogen-bond acceptors (Lipinski definition) is 4. The van der Waals surface area contributed by atoms with Crippen molar-refractivity contribution < 1.29 is 25.2 Å². The number of aryl methyl sites for hydroxylation is 1. The molecule has 1 aliphatic carbocycles. The van der Waals surface area contributed by atoms with Crippen molar-refractivity contribution in [1.82, 2.24) is 4.98 Å². The van der Waals surface area contributed by atoms with Gasteiger partial charge in [0.05, 0.1) is 23.7 Å². The summed E-state index contributed by atoms with van der Waals surface area (Å²) < 4.78 is 0. The first-order chi connectivity index (χ1) is 17.8. The Hall–Kier alpha value is -1.37. The van der Waals surface area contributed by atoms with Crippen LogP contribution >= 0.6 is 0 Å². The Morgan fingerprint density at radius 1 is 1.00 bits per heavy atom. The highest BCUT2D eigenvalue weighted by atomic mass is 16.4. The van der Waals surface area contributed by atoms with Crippen LogP contribution in [0.4, 0.5) is 0 Å². The quantitative estimate of drug-likeness (QED) is 0.144. The van der Waals surface area contributed by atoms with E-state index in [-0.39, 0.29) is 12.0 Å². The zero-order valence-corrected chi connectivity index (χ0v) is 23.5. The molecule has 1 fully saturated rings. The molecule has 0 saturated heterocycles. The summed E-state index contributed by atoms with van der Waals surface area (Å²) in [6.07, 6.45) is 17.6. The molecule has 4 N–H and O–H groups in total. The van der Waals surface area contributed by atoms with E-state index in [0.29, 0.717) is 25.7 Å². The first-order valence-corrected chi connectivity index (χ1v) is 15.2. The van der Waals surface area contributed by atoms with Gasteiger partial charge in [-0.25, -0.2) is 0 Å². The number of aliphatic hydroxyl groups is 3. The van der Waals surface area contributed by atoms with E-state index in [1.165, 1.54) is 31.2 Å². The zero-order valence-electron chi connectivity index (χ0n) is 23.5. The summed E-state index contributed by atoms with van der Waals surface area (Å²) >= 11 is 0. The molecule has 0 spiro atoms. The maximum absolute atomic E-state index is 11.9. The highest BCUT2D eigenvalue weighted by molar-refractivity contribution is 5.70. The van der Waals surface area contributed by atoms with Gasteiger partial charge in [-0.05, 0) is 63.7 Å². The van der Waals surface area contributed by atoms with Crippen molar-refractivity contribution in [2.75, 3.05) is 0 Å². The number of hydrogen-bond donors (Lipinski definition) is 4. The van der Waals surface area contributed by atoms with Crippen molar-refractivity contribution in [3.63, 3.8) is 0 Å². The van der Waals surface area contributed by atoms with Crippen molar-refractivity contribution in [2.45, 2.75) is 154 Å². The SMILES string of the molecule is CCCCCCC[C@H](O)CCCCCC[C@H](C(=O)O)[C@H](O)CC[C@@]1(O)CCC[C@H]1Cc1cc(CC)c[n-]1. The fourth-order valence-corrected chi connectivity index (χ4v) is 6.07. The third-order valence-electron chi connectivity index (χ3n) is 8.63. The number of aliphatic carboxylic acids is 1. The maximum Gasteiger partial charge on any atom is 0.309 e. The topological polar surface area (TPSA) is 112 Å². The highest BCUT2D eigenvalue weighted by Gasteiger charge is 2.41. The van der Waals surface area contributed by atoms with Crippen LogP contribution in [0.25, 0.3) is 0 Å². The Balaban J connectivity index is 1.67. The molecular weight excluding hydrogens is 466 g/mol. The molecule has 0 aliphatic heterocycles. The molecule has 1 aliphatic rings. The first kappa shape index (κ1) is 31.8. The second-order valence-electron chi connectivity index (χ2n) is 11.6. The van der Waals surface area contributed by atoms with Gasteiger partial charge < -0.3 is 25.4 Å². The number of aliphatic hydroxyl groups excluding tert-OH is 2. The fraction of sp³-hybridized carbons (Fsp3) is 0.839. The number of unbranched alkanes of at least 4 members (excludes halogenated alkanes) is 7. The third-order valence-corrected chi connectivity index (χ3v) is 8.63. The van der Waals surface area contributed by atoms with Crippen molar-refractivity contribution in [2.24, 2.45) is 11.8 Å². The Morgan fingerprint density at radius 3 is 2.24 bits per heavy atom. The van der Waals surface area contributed by atoms with E-state index in [1.807, 2.05) is 6.20 Å². The molecule has 0 bridgehead atoms. The van der Waals surface area contributed by atoms with Gasteiger partial charge in [-0.1, -0.05) is 89.7 Å². The minimum Gasteiger partial charge on any atom is -0.667 e. The van der Waals surface area contributed by atoms with Crippen LogP contribution in [-0.2, 0) is 17.6 Å². The molecule has 1 aromatic heterocycles. The van der Waals surface area contributed by atoms with Gasteiger partial charge in [-0.2, -0.15) is 11.9 Å². The van der Waals surface area contributed by atoms with E-state index >= 15 is 0 Å². The number of rotatable bonds is 21. The lowest BCUT2D eigenvalue weighted by Crippen LogP contribution is -2.37. The highest BCUT2D eigenvalue weighted by Crippen LogP contribution is 2.41. The number of carboxylic acid groups (broad SMARTS) is 1. The predicted octanol–water partition coefficient (Wildman–Crippen LogP) is 6.18. The minimum absolute atomic E-state index is 0.106. The smallest absolute Gasteiger partial charge is 0.309 e. The Kier molecular flexibility index (Phi) is 14.9. The van der Waals surface area contributed by atoms with Crippen molar-refractivity contribution in [3.8, 4) is 0 Å². The number of aromatic nitrogens is 1. The lowest BCUT2D eigenvalue weighted by atomic mass is 9.81. The molecule has 0 radical (unpaired) electrons. The monoisotopic (exact) mass is 520 g/mol. The average Bonchev–Trinajstić information content (AvgIpc) is 3.48. The van der Waals surface area contributed by atoms with Crippen LogP contribution in [0.3, 0.4) is 0 Å². The van der Waals surface area contributed by atoms with Crippen LogP contribution in [0.2, 0.25) is 0 Å². The van der Waals surface area contributed by atoms with Crippen LogP contribution in [0.1, 0.15) is 134 Å². The molecule has 2 rings (SSSR count). The molecule has 0 unspecified atom stereocenters. The molecule has 0 aromatic carbocycles. The van der Waals surface area contributed by atoms with E-state index in [9.17, 15) is 25.2 Å². The standard InChI is InChI=1S/C31H54NO5/c1-3-5-6-7-10-15-27(33)16-11-8-9-12-17-28(30(35)36)29(34)18-20-31(37)19-13-14-25(31)22-26-21-24(4-2)23-32-26/h21,23,25,27-29,33-34,37H,3-20,22H2,1-2H3,(H,35,36)/q-1/t25-,27-,28-,29+,31-/m0/s1. The van der Waals surface area contributed by atoms with Crippen molar-refractivity contribution in [3.05, 3.63) is 23.5 Å². The number of carbonyl (C=O) groups is 1. The average molecular weight is 521 g/mol. The summed E-state index contributed by atoms with van der Waals surface area (Å²) in [5, 5.41) is 42.0. The maximum atomic E-state index is 11.9.